The molecule has 0 fully saturated rings. The van der Waals surface area contributed by atoms with Crippen LogP contribution in [0.4, 0.5) is 0 Å². The fraction of sp³-hybridized carbons (Fsp3) is 0.800. The second kappa shape index (κ2) is 19.7. The van der Waals surface area contributed by atoms with Gasteiger partial charge in [0.15, 0.2) is 0 Å². The zero-order chi connectivity index (χ0) is 22.6. The summed E-state index contributed by atoms with van der Waals surface area (Å²) in [5.41, 5.74) is 1.21. The number of benzene rings is 1. The van der Waals surface area contributed by atoms with Gasteiger partial charge in [-0.05, 0) is 36.3 Å². The van der Waals surface area contributed by atoms with Crippen molar-refractivity contribution in [2.45, 2.75) is 149 Å². The number of aromatic hydroxyl groups is 1. The first-order chi connectivity index (χ1) is 15.2. The molecule has 1 aromatic rings. The molecule has 2 atom stereocenters. The molecule has 1 N–H and O–H groups in total. The van der Waals surface area contributed by atoms with Crippen LogP contribution in [0.25, 0.3) is 0 Å². The van der Waals surface area contributed by atoms with E-state index in [2.05, 4.69) is 32.9 Å². The Bertz CT molecular complexity index is 509. The predicted molar refractivity (Wildman–Crippen MR) is 139 cm³/mol. The lowest BCUT2D eigenvalue weighted by molar-refractivity contribution is 0.333. The molecule has 31 heavy (non-hydrogen) atoms. The van der Waals surface area contributed by atoms with E-state index in [0.717, 1.165) is 0 Å². The molecule has 1 rings (SSSR count). The van der Waals surface area contributed by atoms with E-state index in [1.54, 1.807) is 0 Å². The van der Waals surface area contributed by atoms with Gasteiger partial charge in [-0.3, -0.25) is 0 Å². The zero-order valence-corrected chi connectivity index (χ0v) is 21.3. The summed E-state index contributed by atoms with van der Waals surface area (Å²) in [5, 5.41) is 10.6. The van der Waals surface area contributed by atoms with Crippen molar-refractivity contribution in [2.24, 2.45) is 5.92 Å². The van der Waals surface area contributed by atoms with E-state index in [9.17, 15) is 5.11 Å². The molecule has 0 aliphatic carbocycles. The molecule has 2 unspecified atom stereocenters. The molecule has 1 aromatic carbocycles. The number of phenolic OH excluding ortho intramolecular Hbond substituents is 1. The van der Waals surface area contributed by atoms with Gasteiger partial charge in [0.1, 0.15) is 5.75 Å². The van der Waals surface area contributed by atoms with Crippen LogP contribution in [0.15, 0.2) is 24.3 Å². The van der Waals surface area contributed by atoms with E-state index in [1.807, 2.05) is 12.1 Å². The Labute approximate surface area is 195 Å². The van der Waals surface area contributed by atoms with Crippen molar-refractivity contribution in [1.82, 2.24) is 0 Å². The number of phenols is 1. The number of unbranched alkanes of at least 4 members (excludes halogenated alkanes) is 14. The maximum atomic E-state index is 10.6. The monoisotopic (exact) mass is 430 g/mol. The Kier molecular flexibility index (Phi) is 17.8. The molecule has 0 bridgehead atoms. The lowest BCUT2D eigenvalue weighted by Gasteiger charge is -2.28. The largest absolute Gasteiger partial charge is 0.508 e. The summed E-state index contributed by atoms with van der Waals surface area (Å²) >= 11 is 0. The summed E-state index contributed by atoms with van der Waals surface area (Å²) in [6.45, 7) is 6.94. The summed E-state index contributed by atoms with van der Waals surface area (Å²) in [4.78, 5) is 0. The van der Waals surface area contributed by atoms with Gasteiger partial charge in [0.05, 0.1) is 0 Å². The minimum absolute atomic E-state index is 0.515. The predicted octanol–water partition coefficient (Wildman–Crippen LogP) is 10.6. The van der Waals surface area contributed by atoms with E-state index in [-0.39, 0.29) is 0 Å². The number of hydrogen-bond acceptors (Lipinski definition) is 1. The van der Waals surface area contributed by atoms with Crippen LogP contribution in [-0.4, -0.2) is 5.11 Å². The molecule has 0 saturated heterocycles. The molecule has 0 aliphatic heterocycles. The zero-order valence-electron chi connectivity index (χ0n) is 21.3. The van der Waals surface area contributed by atoms with Crippen LogP contribution < -0.4 is 0 Å². The molecular formula is C30H54O. The molecule has 0 aliphatic rings. The van der Waals surface area contributed by atoms with Crippen molar-refractivity contribution in [3.05, 3.63) is 29.8 Å². The normalized spacial score (nSPS) is 13.4. The molecule has 0 spiro atoms. The third kappa shape index (κ3) is 13.2. The highest BCUT2D eigenvalue weighted by molar-refractivity contribution is 5.35. The van der Waals surface area contributed by atoms with Gasteiger partial charge < -0.3 is 5.11 Å². The smallest absolute Gasteiger partial charge is 0.119 e. The van der Waals surface area contributed by atoms with Gasteiger partial charge in [-0.15, -0.1) is 0 Å². The summed E-state index contributed by atoms with van der Waals surface area (Å²) in [6.07, 6.45) is 25.9. The second-order valence-corrected chi connectivity index (χ2v) is 9.86. The van der Waals surface area contributed by atoms with E-state index in [1.165, 1.54) is 128 Å². The lowest BCUT2D eigenvalue weighted by Crippen LogP contribution is -2.13. The Morgan fingerprint density at radius 2 is 1.03 bits per heavy atom. The van der Waals surface area contributed by atoms with Crippen LogP contribution >= 0.6 is 0 Å². The number of para-hydroxylation sites is 1. The Balaban J connectivity index is 2.45. The third-order valence-corrected chi connectivity index (χ3v) is 7.23. The Morgan fingerprint density at radius 1 is 0.581 bits per heavy atom. The molecular weight excluding hydrogens is 376 g/mol. The summed E-state index contributed by atoms with van der Waals surface area (Å²) in [6, 6.07) is 8.14. The Hall–Kier alpha value is -0.980. The average molecular weight is 431 g/mol. The van der Waals surface area contributed by atoms with E-state index >= 15 is 0 Å². The van der Waals surface area contributed by atoms with Crippen LogP contribution in [-0.2, 0) is 0 Å². The molecule has 180 valence electrons. The highest BCUT2D eigenvalue weighted by atomic mass is 16.3. The fourth-order valence-electron chi connectivity index (χ4n) is 5.17. The topological polar surface area (TPSA) is 20.2 Å². The fourth-order valence-corrected chi connectivity index (χ4v) is 5.17. The first kappa shape index (κ1) is 28.1. The summed E-state index contributed by atoms with van der Waals surface area (Å²) < 4.78 is 0. The van der Waals surface area contributed by atoms with Crippen molar-refractivity contribution < 1.29 is 5.11 Å². The quantitative estimate of drug-likeness (QED) is 0.192. The summed E-state index contributed by atoms with van der Waals surface area (Å²) in [5.74, 6) is 1.75. The van der Waals surface area contributed by atoms with Gasteiger partial charge in [0.2, 0.25) is 0 Å². The van der Waals surface area contributed by atoms with Gasteiger partial charge in [-0.2, -0.15) is 0 Å². The van der Waals surface area contributed by atoms with E-state index < -0.39 is 0 Å². The van der Waals surface area contributed by atoms with Crippen molar-refractivity contribution in [2.75, 3.05) is 0 Å². The molecule has 1 heteroatoms. The maximum absolute atomic E-state index is 10.6. The van der Waals surface area contributed by atoms with Gasteiger partial charge in [0.25, 0.3) is 0 Å². The van der Waals surface area contributed by atoms with E-state index in [4.69, 9.17) is 0 Å². The van der Waals surface area contributed by atoms with Crippen LogP contribution in [0.2, 0.25) is 0 Å². The average Bonchev–Trinajstić information content (AvgIpc) is 2.78. The first-order valence-electron chi connectivity index (χ1n) is 14.0. The number of hydrogen-bond donors (Lipinski definition) is 1. The minimum atomic E-state index is 0.515. The molecule has 0 saturated carbocycles. The lowest BCUT2D eigenvalue weighted by atomic mass is 9.77. The Morgan fingerprint density at radius 3 is 1.52 bits per heavy atom. The molecule has 0 heterocycles. The van der Waals surface area contributed by atoms with Crippen LogP contribution in [0.1, 0.15) is 154 Å². The SMILES string of the molecule is CCCCCCCCCCCC(c1ccccc1O)C(CC)CCCCCCCCC. The molecule has 0 aromatic heterocycles. The summed E-state index contributed by atoms with van der Waals surface area (Å²) in [7, 11) is 0. The minimum Gasteiger partial charge on any atom is -0.508 e. The van der Waals surface area contributed by atoms with Gasteiger partial charge in [-0.25, -0.2) is 0 Å². The van der Waals surface area contributed by atoms with Crippen LogP contribution in [0.5, 0.6) is 5.75 Å². The highest BCUT2D eigenvalue weighted by Gasteiger charge is 2.23. The van der Waals surface area contributed by atoms with Crippen molar-refractivity contribution in [1.29, 1.82) is 0 Å². The third-order valence-electron chi connectivity index (χ3n) is 7.23. The highest BCUT2D eigenvalue weighted by Crippen LogP contribution is 2.39. The molecule has 0 radical (unpaired) electrons. The molecule has 1 nitrogen and oxygen atoms in total. The van der Waals surface area contributed by atoms with Crippen molar-refractivity contribution >= 4 is 0 Å². The van der Waals surface area contributed by atoms with E-state index in [0.29, 0.717) is 17.6 Å². The maximum Gasteiger partial charge on any atom is 0.119 e. The van der Waals surface area contributed by atoms with Crippen LogP contribution in [0.3, 0.4) is 0 Å². The van der Waals surface area contributed by atoms with Crippen molar-refractivity contribution in [3.8, 4) is 5.75 Å². The van der Waals surface area contributed by atoms with Gasteiger partial charge >= 0.3 is 0 Å². The van der Waals surface area contributed by atoms with Gasteiger partial charge in [0, 0.05) is 0 Å². The molecule has 0 amide bonds. The second-order valence-electron chi connectivity index (χ2n) is 9.86. The van der Waals surface area contributed by atoms with Crippen LogP contribution in [0, 0.1) is 5.92 Å². The van der Waals surface area contributed by atoms with Gasteiger partial charge in [-0.1, -0.05) is 148 Å². The number of rotatable bonds is 21. The first-order valence-corrected chi connectivity index (χ1v) is 14.0. The standard InChI is InChI=1S/C30H54O/c1-4-7-9-11-13-14-16-18-20-24-28(29-25-21-22-26-30(29)31)27(6-3)23-19-17-15-12-10-8-5-2/h21-22,25-28,31H,4-20,23-24H2,1-3H3. The van der Waals surface area contributed by atoms with Crippen molar-refractivity contribution in [3.63, 3.8) is 0 Å².